The number of aromatic nitrogens is 1. The fraction of sp³-hybridized carbons (Fsp3) is 0.143. The van der Waals surface area contributed by atoms with E-state index in [0.717, 1.165) is 12.3 Å². The Morgan fingerprint density at radius 3 is 2.55 bits per heavy atom. The van der Waals surface area contributed by atoms with Crippen molar-refractivity contribution in [3.8, 4) is 0 Å². The van der Waals surface area contributed by atoms with Gasteiger partial charge in [-0.3, -0.25) is 4.79 Å². The zero-order valence-electron chi connectivity index (χ0n) is 11.0. The van der Waals surface area contributed by atoms with Crippen LogP contribution in [0.5, 0.6) is 0 Å². The number of carbonyl (C=O) groups is 1. The number of amides is 1. The van der Waals surface area contributed by atoms with Crippen LogP contribution in [0.2, 0.25) is 0 Å². The van der Waals surface area contributed by atoms with Crippen molar-refractivity contribution in [2.45, 2.75) is 6.92 Å². The van der Waals surface area contributed by atoms with Gasteiger partial charge in [-0.05, 0) is 36.8 Å². The predicted molar refractivity (Wildman–Crippen MR) is 72.8 cm³/mol. The van der Waals surface area contributed by atoms with Crippen molar-refractivity contribution in [1.29, 1.82) is 0 Å². The van der Waals surface area contributed by atoms with Crippen LogP contribution in [0.4, 0.5) is 20.3 Å². The molecule has 0 saturated carbocycles. The summed E-state index contributed by atoms with van der Waals surface area (Å²) in [4.78, 5) is 15.9. The molecule has 2 N–H and O–H groups in total. The molecule has 0 bridgehead atoms. The molecule has 0 aliphatic heterocycles. The molecule has 1 heterocycles. The largest absolute Gasteiger partial charge is 0.372 e. The van der Waals surface area contributed by atoms with Crippen molar-refractivity contribution < 1.29 is 13.6 Å². The zero-order valence-corrected chi connectivity index (χ0v) is 11.0. The quantitative estimate of drug-likeness (QED) is 0.907. The minimum absolute atomic E-state index is 0.0504. The summed E-state index contributed by atoms with van der Waals surface area (Å²) in [6, 6.07) is 5.22. The molecule has 4 nitrogen and oxygen atoms in total. The number of pyridine rings is 1. The molecule has 0 aliphatic rings. The second kappa shape index (κ2) is 5.64. The molecular weight excluding hydrogens is 264 g/mol. The van der Waals surface area contributed by atoms with Crippen LogP contribution in [0.3, 0.4) is 0 Å². The van der Waals surface area contributed by atoms with Crippen LogP contribution in [-0.4, -0.2) is 17.9 Å². The van der Waals surface area contributed by atoms with Crippen molar-refractivity contribution in [2.24, 2.45) is 0 Å². The highest BCUT2D eigenvalue weighted by molar-refractivity contribution is 6.07. The van der Waals surface area contributed by atoms with E-state index in [2.05, 4.69) is 15.6 Å². The molecule has 1 amide bonds. The molecule has 0 spiro atoms. The summed E-state index contributed by atoms with van der Waals surface area (Å²) in [7, 11) is 1.57. The van der Waals surface area contributed by atoms with Crippen molar-refractivity contribution in [3.63, 3.8) is 0 Å². The van der Waals surface area contributed by atoms with Gasteiger partial charge in [0.1, 0.15) is 17.5 Å². The maximum atomic E-state index is 13.3. The standard InChI is InChI=1S/C14H13F2N3O/c1-8-3-9(15)5-11(4-8)19-14(20)12-6-10(16)7-18-13(12)17-2/h3-7H,1-2H3,(H,17,18)(H,19,20). The van der Waals surface area contributed by atoms with Gasteiger partial charge in [-0.2, -0.15) is 0 Å². The summed E-state index contributed by atoms with van der Waals surface area (Å²) in [6.07, 6.45) is 1.01. The molecule has 20 heavy (non-hydrogen) atoms. The Morgan fingerprint density at radius 2 is 1.90 bits per heavy atom. The van der Waals surface area contributed by atoms with Gasteiger partial charge in [0.2, 0.25) is 0 Å². The third-order valence-electron chi connectivity index (χ3n) is 2.64. The molecule has 0 fully saturated rings. The monoisotopic (exact) mass is 277 g/mol. The first kappa shape index (κ1) is 13.9. The van der Waals surface area contributed by atoms with Gasteiger partial charge in [0.15, 0.2) is 0 Å². The van der Waals surface area contributed by atoms with Crippen LogP contribution in [0.25, 0.3) is 0 Å². The molecule has 104 valence electrons. The molecular formula is C14H13F2N3O. The zero-order chi connectivity index (χ0) is 14.7. The number of hydrogen-bond donors (Lipinski definition) is 2. The SMILES string of the molecule is CNc1ncc(F)cc1C(=O)Nc1cc(C)cc(F)c1. The lowest BCUT2D eigenvalue weighted by atomic mass is 10.2. The molecule has 6 heteroatoms. The highest BCUT2D eigenvalue weighted by Gasteiger charge is 2.14. The van der Waals surface area contributed by atoms with Gasteiger partial charge in [0, 0.05) is 12.7 Å². The predicted octanol–water partition coefficient (Wildman–Crippen LogP) is 2.96. The summed E-state index contributed by atoms with van der Waals surface area (Å²) in [6.45, 7) is 1.71. The summed E-state index contributed by atoms with van der Waals surface area (Å²) in [5, 5.41) is 5.22. The number of halogens is 2. The average molecular weight is 277 g/mol. The Morgan fingerprint density at radius 1 is 1.15 bits per heavy atom. The Bertz CT molecular complexity index is 639. The number of carbonyl (C=O) groups excluding carboxylic acids is 1. The second-order valence-electron chi connectivity index (χ2n) is 4.27. The number of benzene rings is 1. The van der Waals surface area contributed by atoms with Gasteiger partial charge in [-0.25, -0.2) is 13.8 Å². The van der Waals surface area contributed by atoms with Gasteiger partial charge in [0.25, 0.3) is 5.91 Å². The minimum Gasteiger partial charge on any atom is -0.372 e. The van der Waals surface area contributed by atoms with E-state index in [-0.39, 0.29) is 11.4 Å². The van der Waals surface area contributed by atoms with Crippen molar-refractivity contribution in [1.82, 2.24) is 4.98 Å². The molecule has 0 saturated heterocycles. The van der Waals surface area contributed by atoms with Gasteiger partial charge in [-0.15, -0.1) is 0 Å². The van der Waals surface area contributed by atoms with Crippen molar-refractivity contribution in [2.75, 3.05) is 17.7 Å². The second-order valence-corrected chi connectivity index (χ2v) is 4.27. The number of nitrogens with one attached hydrogen (secondary N) is 2. The van der Waals surface area contributed by atoms with E-state index in [4.69, 9.17) is 0 Å². The van der Waals surface area contributed by atoms with Crippen LogP contribution < -0.4 is 10.6 Å². The fourth-order valence-electron chi connectivity index (χ4n) is 1.82. The summed E-state index contributed by atoms with van der Waals surface area (Å²) < 4.78 is 26.4. The fourth-order valence-corrected chi connectivity index (χ4v) is 1.82. The van der Waals surface area contributed by atoms with E-state index < -0.39 is 17.5 Å². The first-order chi connectivity index (χ1) is 9.49. The molecule has 0 unspecified atom stereocenters. The molecule has 1 aromatic heterocycles. The van der Waals surface area contributed by atoms with Gasteiger partial charge >= 0.3 is 0 Å². The molecule has 1 aromatic carbocycles. The third-order valence-corrected chi connectivity index (χ3v) is 2.64. The first-order valence-electron chi connectivity index (χ1n) is 5.91. The number of rotatable bonds is 3. The Balaban J connectivity index is 2.30. The Kier molecular flexibility index (Phi) is 3.93. The highest BCUT2D eigenvalue weighted by Crippen LogP contribution is 2.18. The van der Waals surface area contributed by atoms with Crippen LogP contribution in [0.1, 0.15) is 15.9 Å². The number of aryl methyl sites for hydroxylation is 1. The number of anilines is 2. The molecule has 2 rings (SSSR count). The normalized spacial score (nSPS) is 10.2. The number of nitrogens with zero attached hydrogens (tertiary/aromatic N) is 1. The molecule has 0 atom stereocenters. The molecule has 0 aliphatic carbocycles. The highest BCUT2D eigenvalue weighted by atomic mass is 19.1. The Labute approximate surface area is 114 Å². The van der Waals surface area contributed by atoms with E-state index in [9.17, 15) is 13.6 Å². The van der Waals surface area contributed by atoms with E-state index in [1.165, 1.54) is 12.1 Å². The van der Waals surface area contributed by atoms with Gasteiger partial charge in [-0.1, -0.05) is 0 Å². The topological polar surface area (TPSA) is 54.0 Å². The van der Waals surface area contributed by atoms with Crippen LogP contribution >= 0.6 is 0 Å². The molecule has 2 aromatic rings. The van der Waals surface area contributed by atoms with Crippen LogP contribution in [0.15, 0.2) is 30.5 Å². The van der Waals surface area contributed by atoms with Crippen molar-refractivity contribution >= 4 is 17.4 Å². The summed E-state index contributed by atoms with van der Waals surface area (Å²) >= 11 is 0. The lowest BCUT2D eigenvalue weighted by Gasteiger charge is -2.09. The van der Waals surface area contributed by atoms with Gasteiger partial charge in [0.05, 0.1) is 11.8 Å². The average Bonchev–Trinajstić information content (AvgIpc) is 2.37. The number of hydrogen-bond acceptors (Lipinski definition) is 3. The maximum absolute atomic E-state index is 13.3. The lowest BCUT2D eigenvalue weighted by molar-refractivity contribution is 0.102. The van der Waals surface area contributed by atoms with E-state index in [0.29, 0.717) is 11.3 Å². The van der Waals surface area contributed by atoms with Crippen LogP contribution in [-0.2, 0) is 0 Å². The minimum atomic E-state index is -0.621. The van der Waals surface area contributed by atoms with Crippen molar-refractivity contribution in [3.05, 3.63) is 53.2 Å². The maximum Gasteiger partial charge on any atom is 0.259 e. The van der Waals surface area contributed by atoms with Gasteiger partial charge < -0.3 is 10.6 Å². The molecule has 0 radical (unpaired) electrons. The van der Waals surface area contributed by atoms with E-state index in [1.807, 2.05) is 0 Å². The summed E-state index contributed by atoms with van der Waals surface area (Å²) in [5.74, 6) is -1.39. The third kappa shape index (κ3) is 3.09. The summed E-state index contributed by atoms with van der Waals surface area (Å²) in [5.41, 5.74) is 1.03. The Hall–Kier alpha value is -2.50. The van der Waals surface area contributed by atoms with E-state index >= 15 is 0 Å². The van der Waals surface area contributed by atoms with E-state index in [1.54, 1.807) is 20.0 Å². The first-order valence-corrected chi connectivity index (χ1v) is 5.91. The lowest BCUT2D eigenvalue weighted by Crippen LogP contribution is -2.15. The van der Waals surface area contributed by atoms with Crippen LogP contribution in [0, 0.1) is 18.6 Å². The smallest absolute Gasteiger partial charge is 0.259 e.